The van der Waals surface area contributed by atoms with E-state index in [2.05, 4.69) is 15.4 Å². The SMILES string of the molecule is Cc1cc(NC(C)C)n2nc(C(F)(F)F)c(-c3ccccc3)c2n1. The Morgan fingerprint density at radius 3 is 2.38 bits per heavy atom. The molecule has 1 N–H and O–H groups in total. The van der Waals surface area contributed by atoms with E-state index in [-0.39, 0.29) is 17.3 Å². The highest BCUT2D eigenvalue weighted by atomic mass is 19.4. The molecule has 3 aromatic rings. The number of fused-ring (bicyclic) bond motifs is 1. The van der Waals surface area contributed by atoms with Crippen molar-refractivity contribution in [3.05, 3.63) is 47.8 Å². The second-order valence-electron chi connectivity index (χ2n) is 5.90. The zero-order valence-corrected chi connectivity index (χ0v) is 13.5. The Kier molecular flexibility index (Phi) is 3.95. The third-order valence-electron chi connectivity index (χ3n) is 3.48. The first-order valence-electron chi connectivity index (χ1n) is 7.57. The Morgan fingerprint density at radius 2 is 1.79 bits per heavy atom. The Morgan fingerprint density at radius 1 is 1.12 bits per heavy atom. The lowest BCUT2D eigenvalue weighted by atomic mass is 10.1. The van der Waals surface area contributed by atoms with Gasteiger partial charge >= 0.3 is 6.18 Å². The molecule has 0 bridgehead atoms. The number of aromatic nitrogens is 3. The maximum atomic E-state index is 13.5. The topological polar surface area (TPSA) is 42.2 Å². The lowest BCUT2D eigenvalue weighted by molar-refractivity contribution is -0.140. The summed E-state index contributed by atoms with van der Waals surface area (Å²) >= 11 is 0. The van der Waals surface area contributed by atoms with Crippen LogP contribution in [-0.4, -0.2) is 20.6 Å². The molecule has 1 aromatic carbocycles. The standard InChI is InChI=1S/C17H17F3N4/c1-10(2)21-13-9-11(3)22-16-14(12-7-5-4-6-8-12)15(17(18,19)20)23-24(13)16/h4-10,21H,1-3H3. The fourth-order valence-electron chi connectivity index (χ4n) is 2.61. The first-order valence-corrected chi connectivity index (χ1v) is 7.57. The Balaban J connectivity index is 2.37. The van der Waals surface area contributed by atoms with Gasteiger partial charge < -0.3 is 5.32 Å². The molecule has 0 atom stereocenters. The van der Waals surface area contributed by atoms with Gasteiger partial charge in [-0.3, -0.25) is 0 Å². The van der Waals surface area contributed by atoms with Gasteiger partial charge in [0, 0.05) is 17.8 Å². The molecule has 0 unspecified atom stereocenters. The molecule has 0 radical (unpaired) electrons. The molecule has 0 amide bonds. The summed E-state index contributed by atoms with van der Waals surface area (Å²) in [7, 11) is 0. The number of rotatable bonds is 3. The van der Waals surface area contributed by atoms with Crippen molar-refractivity contribution in [1.82, 2.24) is 14.6 Å². The van der Waals surface area contributed by atoms with Gasteiger partial charge in [-0.2, -0.15) is 22.8 Å². The van der Waals surface area contributed by atoms with E-state index in [1.165, 1.54) is 4.52 Å². The van der Waals surface area contributed by atoms with E-state index in [0.29, 0.717) is 17.1 Å². The van der Waals surface area contributed by atoms with Gasteiger partial charge in [-0.25, -0.2) is 4.98 Å². The van der Waals surface area contributed by atoms with Crippen molar-refractivity contribution >= 4 is 11.5 Å². The molecule has 24 heavy (non-hydrogen) atoms. The Labute approximate surface area is 137 Å². The van der Waals surface area contributed by atoms with Gasteiger partial charge in [0.2, 0.25) is 0 Å². The van der Waals surface area contributed by atoms with Crippen molar-refractivity contribution in [1.29, 1.82) is 0 Å². The smallest absolute Gasteiger partial charge is 0.368 e. The van der Waals surface area contributed by atoms with Crippen LogP contribution in [0.5, 0.6) is 0 Å². The normalized spacial score (nSPS) is 12.1. The van der Waals surface area contributed by atoms with E-state index >= 15 is 0 Å². The molecule has 3 rings (SSSR count). The van der Waals surface area contributed by atoms with Gasteiger partial charge in [0.1, 0.15) is 5.82 Å². The van der Waals surface area contributed by atoms with Gasteiger partial charge in [-0.15, -0.1) is 0 Å². The van der Waals surface area contributed by atoms with Crippen LogP contribution in [0.1, 0.15) is 25.2 Å². The van der Waals surface area contributed by atoms with Crippen LogP contribution < -0.4 is 5.32 Å². The molecule has 0 saturated carbocycles. The second-order valence-corrected chi connectivity index (χ2v) is 5.90. The van der Waals surface area contributed by atoms with Gasteiger partial charge in [-0.1, -0.05) is 30.3 Å². The maximum absolute atomic E-state index is 13.5. The number of nitrogens with zero attached hydrogens (tertiary/aromatic N) is 3. The Bertz CT molecular complexity index is 867. The molecule has 0 saturated heterocycles. The molecule has 126 valence electrons. The predicted octanol–water partition coefficient (Wildman–Crippen LogP) is 4.54. The van der Waals surface area contributed by atoms with Crippen molar-refractivity contribution in [2.75, 3.05) is 5.32 Å². The molecule has 0 aliphatic heterocycles. The number of benzene rings is 1. The molecule has 0 fully saturated rings. The monoisotopic (exact) mass is 334 g/mol. The van der Waals surface area contributed by atoms with Crippen molar-refractivity contribution in [3.63, 3.8) is 0 Å². The van der Waals surface area contributed by atoms with E-state index < -0.39 is 11.9 Å². The molecule has 7 heteroatoms. The average molecular weight is 334 g/mol. The number of nitrogens with one attached hydrogen (secondary N) is 1. The van der Waals surface area contributed by atoms with Crippen LogP contribution in [0, 0.1) is 6.92 Å². The molecule has 0 aliphatic carbocycles. The number of hydrogen-bond donors (Lipinski definition) is 1. The number of hydrogen-bond acceptors (Lipinski definition) is 3. The van der Waals surface area contributed by atoms with Gasteiger partial charge in [0.15, 0.2) is 11.3 Å². The molecule has 0 spiro atoms. The first-order chi connectivity index (χ1) is 11.3. The highest BCUT2D eigenvalue weighted by Crippen LogP contribution is 2.39. The van der Waals surface area contributed by atoms with Crippen LogP contribution in [0.15, 0.2) is 36.4 Å². The van der Waals surface area contributed by atoms with Crippen LogP contribution in [0.2, 0.25) is 0 Å². The van der Waals surface area contributed by atoms with Crippen LogP contribution in [-0.2, 0) is 6.18 Å². The third kappa shape index (κ3) is 2.93. The zero-order chi connectivity index (χ0) is 17.5. The van der Waals surface area contributed by atoms with E-state index in [4.69, 9.17) is 0 Å². The second kappa shape index (κ2) is 5.81. The molecule has 4 nitrogen and oxygen atoms in total. The highest BCUT2D eigenvalue weighted by Gasteiger charge is 2.39. The fraction of sp³-hybridized carbons (Fsp3) is 0.294. The van der Waals surface area contributed by atoms with E-state index in [9.17, 15) is 13.2 Å². The van der Waals surface area contributed by atoms with Crippen molar-refractivity contribution < 1.29 is 13.2 Å². The molecule has 2 heterocycles. The highest BCUT2D eigenvalue weighted by molar-refractivity contribution is 5.81. The van der Waals surface area contributed by atoms with Crippen molar-refractivity contribution in [2.45, 2.75) is 33.0 Å². The first kappa shape index (κ1) is 16.3. The molecule has 0 aliphatic rings. The summed E-state index contributed by atoms with van der Waals surface area (Å²) in [6, 6.07) is 10.2. The minimum Gasteiger partial charge on any atom is -0.368 e. The largest absolute Gasteiger partial charge is 0.435 e. The number of aryl methyl sites for hydroxylation is 1. The zero-order valence-electron chi connectivity index (χ0n) is 13.5. The van der Waals surface area contributed by atoms with Crippen LogP contribution in [0.4, 0.5) is 19.0 Å². The number of alkyl halides is 3. The number of halogens is 3. The average Bonchev–Trinajstić information content (AvgIpc) is 2.87. The minimum atomic E-state index is -4.57. The lowest BCUT2D eigenvalue weighted by Crippen LogP contribution is -2.14. The summed E-state index contributed by atoms with van der Waals surface area (Å²) in [4.78, 5) is 4.31. The quantitative estimate of drug-likeness (QED) is 0.764. The minimum absolute atomic E-state index is 0.00129. The fourth-order valence-corrected chi connectivity index (χ4v) is 2.61. The van der Waals surface area contributed by atoms with Gasteiger partial charge in [-0.05, 0) is 26.3 Å². The van der Waals surface area contributed by atoms with Gasteiger partial charge in [0.05, 0.1) is 5.56 Å². The lowest BCUT2D eigenvalue weighted by Gasteiger charge is -2.12. The van der Waals surface area contributed by atoms with Crippen LogP contribution >= 0.6 is 0 Å². The summed E-state index contributed by atoms with van der Waals surface area (Å²) in [6.07, 6.45) is -4.57. The molecular weight excluding hydrogens is 317 g/mol. The Hall–Kier alpha value is -2.57. The molecular formula is C17H17F3N4. The van der Waals surface area contributed by atoms with E-state index in [0.717, 1.165) is 0 Å². The van der Waals surface area contributed by atoms with Gasteiger partial charge in [0.25, 0.3) is 0 Å². The van der Waals surface area contributed by atoms with Crippen molar-refractivity contribution in [2.24, 2.45) is 0 Å². The summed E-state index contributed by atoms with van der Waals surface area (Å²) in [6.45, 7) is 5.57. The van der Waals surface area contributed by atoms with Crippen LogP contribution in [0.25, 0.3) is 16.8 Å². The number of anilines is 1. The maximum Gasteiger partial charge on any atom is 0.435 e. The summed E-state index contributed by atoms with van der Waals surface area (Å²) < 4.78 is 41.9. The molecule has 2 aromatic heterocycles. The summed E-state index contributed by atoms with van der Waals surface area (Å²) in [5, 5.41) is 6.95. The summed E-state index contributed by atoms with van der Waals surface area (Å²) in [5.74, 6) is 0.486. The predicted molar refractivity (Wildman–Crippen MR) is 86.9 cm³/mol. The van der Waals surface area contributed by atoms with Crippen LogP contribution in [0.3, 0.4) is 0 Å². The van der Waals surface area contributed by atoms with E-state index in [1.807, 2.05) is 13.8 Å². The summed E-state index contributed by atoms with van der Waals surface area (Å²) in [5.41, 5.74) is 0.318. The third-order valence-corrected chi connectivity index (χ3v) is 3.48. The van der Waals surface area contributed by atoms with Crippen molar-refractivity contribution in [3.8, 4) is 11.1 Å². The van der Waals surface area contributed by atoms with E-state index in [1.54, 1.807) is 43.3 Å².